The van der Waals surface area contributed by atoms with Gasteiger partial charge in [0, 0.05) is 5.56 Å². The number of nitrogens with one attached hydrogen (secondary N) is 1. The molecule has 0 radical (unpaired) electrons. The Bertz CT molecular complexity index is 568. The fraction of sp³-hybridized carbons (Fsp3) is 0.100. The number of benzene rings is 1. The van der Waals surface area contributed by atoms with Crippen LogP contribution in [-0.2, 0) is 4.74 Å². The topological polar surface area (TPSA) is 67.9 Å². The minimum absolute atomic E-state index is 0.103. The molecule has 0 amide bonds. The van der Waals surface area contributed by atoms with E-state index in [1.165, 1.54) is 7.11 Å². The third-order valence-corrected chi connectivity index (χ3v) is 2.86. The molecule has 0 saturated heterocycles. The molecule has 0 aliphatic rings. The number of halogens is 2. The maximum absolute atomic E-state index is 11.4. The summed E-state index contributed by atoms with van der Waals surface area (Å²) in [6.45, 7) is 0. The molecule has 2 rings (SSSR count). The van der Waals surface area contributed by atoms with Gasteiger partial charge in [-0.05, 0) is 12.1 Å². The van der Waals surface area contributed by atoms with Gasteiger partial charge in [0.1, 0.15) is 5.69 Å². The third kappa shape index (κ3) is 2.25. The van der Waals surface area contributed by atoms with Gasteiger partial charge >= 0.3 is 5.97 Å². The summed E-state index contributed by atoms with van der Waals surface area (Å²) in [7, 11) is 1.27. The van der Waals surface area contributed by atoms with E-state index in [4.69, 9.17) is 23.2 Å². The predicted octanol–water partition coefficient (Wildman–Crippen LogP) is 2.57. The van der Waals surface area contributed by atoms with Crippen molar-refractivity contribution in [1.29, 1.82) is 0 Å². The van der Waals surface area contributed by atoms with Gasteiger partial charge in [0.2, 0.25) is 0 Å². The van der Waals surface area contributed by atoms with E-state index >= 15 is 0 Å². The average molecular weight is 272 g/mol. The lowest BCUT2D eigenvalue weighted by molar-refractivity contribution is 0.0595. The summed E-state index contributed by atoms with van der Waals surface area (Å²) in [5, 5.41) is 10.8. The highest BCUT2D eigenvalue weighted by atomic mass is 35.5. The smallest absolute Gasteiger partial charge is 0.360 e. The number of aromatic nitrogens is 3. The second-order valence-electron chi connectivity index (χ2n) is 3.14. The van der Waals surface area contributed by atoms with Crippen LogP contribution in [0.4, 0.5) is 0 Å². The summed E-state index contributed by atoms with van der Waals surface area (Å²) in [5.74, 6) is -0.570. The Morgan fingerprint density at radius 3 is 2.71 bits per heavy atom. The van der Waals surface area contributed by atoms with Crippen molar-refractivity contribution in [2.45, 2.75) is 0 Å². The van der Waals surface area contributed by atoms with E-state index in [0.717, 1.165) is 0 Å². The quantitative estimate of drug-likeness (QED) is 0.853. The molecular formula is C10H7Cl2N3O2. The van der Waals surface area contributed by atoms with Gasteiger partial charge in [-0.3, -0.25) is 0 Å². The summed E-state index contributed by atoms with van der Waals surface area (Å²) < 4.78 is 4.59. The molecule has 0 unspecified atom stereocenters. The van der Waals surface area contributed by atoms with Crippen molar-refractivity contribution in [3.8, 4) is 11.3 Å². The first-order valence-electron chi connectivity index (χ1n) is 4.58. The molecule has 1 heterocycles. The Kier molecular flexibility index (Phi) is 3.31. The maximum Gasteiger partial charge on any atom is 0.360 e. The normalized spacial score (nSPS) is 10.3. The standard InChI is InChI=1S/C10H7Cl2N3O2/c1-17-10(16)9-8(13-15-14-9)5-2-3-6(11)7(12)4-5/h2-4H,1H3,(H,13,14,15). The highest BCUT2D eigenvalue weighted by Gasteiger charge is 2.18. The van der Waals surface area contributed by atoms with Gasteiger partial charge < -0.3 is 4.74 Å². The molecule has 0 aliphatic carbocycles. The summed E-state index contributed by atoms with van der Waals surface area (Å²) in [5.41, 5.74) is 1.11. The van der Waals surface area contributed by atoms with Crippen LogP contribution in [-0.4, -0.2) is 28.5 Å². The summed E-state index contributed by atoms with van der Waals surface area (Å²) in [6, 6.07) is 4.92. The molecule has 17 heavy (non-hydrogen) atoms. The lowest BCUT2D eigenvalue weighted by atomic mass is 10.1. The number of methoxy groups -OCH3 is 1. The van der Waals surface area contributed by atoms with Gasteiger partial charge in [0.25, 0.3) is 0 Å². The number of ether oxygens (including phenoxy) is 1. The average Bonchev–Trinajstić information content (AvgIpc) is 2.80. The number of hydrogen-bond acceptors (Lipinski definition) is 4. The Morgan fingerprint density at radius 2 is 2.06 bits per heavy atom. The zero-order valence-electron chi connectivity index (χ0n) is 8.70. The molecule has 2 aromatic rings. The zero-order valence-corrected chi connectivity index (χ0v) is 10.2. The highest BCUT2D eigenvalue weighted by molar-refractivity contribution is 6.42. The minimum atomic E-state index is -0.570. The largest absolute Gasteiger partial charge is 0.464 e. The van der Waals surface area contributed by atoms with Crippen molar-refractivity contribution in [3.63, 3.8) is 0 Å². The second-order valence-corrected chi connectivity index (χ2v) is 3.96. The first kappa shape index (κ1) is 11.9. The number of H-pyrrole nitrogens is 1. The van der Waals surface area contributed by atoms with E-state index in [-0.39, 0.29) is 5.69 Å². The number of rotatable bonds is 2. The van der Waals surface area contributed by atoms with E-state index in [0.29, 0.717) is 21.3 Å². The number of carbonyl (C=O) groups excluding carboxylic acids is 1. The monoisotopic (exact) mass is 271 g/mol. The molecule has 1 aromatic heterocycles. The van der Waals surface area contributed by atoms with Crippen LogP contribution >= 0.6 is 23.2 Å². The third-order valence-electron chi connectivity index (χ3n) is 2.12. The van der Waals surface area contributed by atoms with Gasteiger partial charge in [0.05, 0.1) is 17.2 Å². The predicted molar refractivity (Wildman–Crippen MR) is 63.2 cm³/mol. The molecule has 0 aliphatic heterocycles. The molecule has 0 fully saturated rings. The SMILES string of the molecule is COC(=O)c1n[nH]nc1-c1ccc(Cl)c(Cl)c1. The van der Waals surface area contributed by atoms with Gasteiger partial charge in [-0.1, -0.05) is 29.3 Å². The van der Waals surface area contributed by atoms with Crippen molar-refractivity contribution in [3.05, 3.63) is 33.9 Å². The van der Waals surface area contributed by atoms with Crippen LogP contribution in [0.1, 0.15) is 10.5 Å². The summed E-state index contributed by atoms with van der Waals surface area (Å²) in [4.78, 5) is 11.4. The Balaban J connectivity index is 2.50. The highest BCUT2D eigenvalue weighted by Crippen LogP contribution is 2.28. The molecule has 0 saturated carbocycles. The number of carbonyl (C=O) groups is 1. The van der Waals surface area contributed by atoms with Gasteiger partial charge in [0.15, 0.2) is 5.69 Å². The van der Waals surface area contributed by atoms with E-state index in [9.17, 15) is 4.79 Å². The van der Waals surface area contributed by atoms with E-state index < -0.39 is 5.97 Å². The molecule has 0 atom stereocenters. The van der Waals surface area contributed by atoms with Crippen molar-refractivity contribution in [1.82, 2.24) is 15.4 Å². The molecular weight excluding hydrogens is 265 g/mol. The molecule has 5 nitrogen and oxygen atoms in total. The molecule has 88 valence electrons. The van der Waals surface area contributed by atoms with Gasteiger partial charge in [-0.25, -0.2) is 4.79 Å². The number of hydrogen-bond donors (Lipinski definition) is 1. The maximum atomic E-state index is 11.4. The second kappa shape index (κ2) is 4.73. The van der Waals surface area contributed by atoms with Crippen LogP contribution in [0.3, 0.4) is 0 Å². The van der Waals surface area contributed by atoms with Crippen LogP contribution in [0.15, 0.2) is 18.2 Å². The molecule has 0 spiro atoms. The van der Waals surface area contributed by atoms with Gasteiger partial charge in [-0.15, -0.1) is 5.10 Å². The number of esters is 1. The molecule has 7 heteroatoms. The van der Waals surface area contributed by atoms with Gasteiger partial charge in [-0.2, -0.15) is 10.3 Å². The zero-order chi connectivity index (χ0) is 12.4. The van der Waals surface area contributed by atoms with Crippen LogP contribution in [0.2, 0.25) is 10.0 Å². The van der Waals surface area contributed by atoms with Crippen LogP contribution in [0.25, 0.3) is 11.3 Å². The van der Waals surface area contributed by atoms with Crippen molar-refractivity contribution in [2.75, 3.05) is 7.11 Å². The lowest BCUT2D eigenvalue weighted by Crippen LogP contribution is -2.03. The fourth-order valence-electron chi connectivity index (χ4n) is 1.31. The van der Waals surface area contributed by atoms with Crippen molar-refractivity contribution < 1.29 is 9.53 Å². The van der Waals surface area contributed by atoms with Crippen LogP contribution in [0.5, 0.6) is 0 Å². The summed E-state index contributed by atoms with van der Waals surface area (Å²) in [6.07, 6.45) is 0. The Hall–Kier alpha value is -1.59. The van der Waals surface area contributed by atoms with Crippen molar-refractivity contribution >= 4 is 29.2 Å². The van der Waals surface area contributed by atoms with Crippen LogP contribution < -0.4 is 0 Å². The Morgan fingerprint density at radius 1 is 1.29 bits per heavy atom. The lowest BCUT2D eigenvalue weighted by Gasteiger charge is -2.01. The minimum Gasteiger partial charge on any atom is -0.464 e. The van der Waals surface area contributed by atoms with E-state index in [2.05, 4.69) is 20.1 Å². The van der Waals surface area contributed by atoms with E-state index in [1.807, 2.05) is 0 Å². The molecule has 0 bridgehead atoms. The van der Waals surface area contributed by atoms with E-state index in [1.54, 1.807) is 18.2 Å². The number of nitrogens with zero attached hydrogens (tertiary/aromatic N) is 2. The first-order valence-corrected chi connectivity index (χ1v) is 5.33. The summed E-state index contributed by atoms with van der Waals surface area (Å²) >= 11 is 11.7. The Labute approximate surface area is 107 Å². The molecule has 1 N–H and O–H groups in total. The number of aromatic amines is 1. The molecule has 1 aromatic carbocycles. The van der Waals surface area contributed by atoms with Crippen LogP contribution in [0, 0.1) is 0 Å². The fourth-order valence-corrected chi connectivity index (χ4v) is 1.61. The first-order chi connectivity index (χ1) is 8.13. The van der Waals surface area contributed by atoms with Crippen molar-refractivity contribution in [2.24, 2.45) is 0 Å².